The van der Waals surface area contributed by atoms with E-state index in [4.69, 9.17) is 0 Å². The van der Waals surface area contributed by atoms with Gasteiger partial charge in [0.1, 0.15) is 0 Å². The first-order valence-corrected chi connectivity index (χ1v) is 10.1. The minimum atomic E-state index is 0.0369. The molecule has 2 rings (SSSR count). The second-order valence-corrected chi connectivity index (χ2v) is 7.85. The van der Waals surface area contributed by atoms with Crippen molar-refractivity contribution in [3.63, 3.8) is 0 Å². The second-order valence-electron chi connectivity index (χ2n) is 5.69. The number of benzene rings is 2. The zero-order valence-corrected chi connectivity index (χ0v) is 14.9. The number of hydrogen-bond acceptors (Lipinski definition) is 1. The van der Waals surface area contributed by atoms with Gasteiger partial charge < -0.3 is 0 Å². The van der Waals surface area contributed by atoms with Crippen LogP contribution in [-0.4, -0.2) is 26.9 Å². The van der Waals surface area contributed by atoms with Crippen molar-refractivity contribution in [2.24, 2.45) is 5.92 Å². The first-order valence-electron chi connectivity index (χ1n) is 7.64. The van der Waals surface area contributed by atoms with Crippen LogP contribution in [0, 0.1) is 5.92 Å². The van der Waals surface area contributed by atoms with Crippen LogP contribution in [0.1, 0.15) is 29.8 Å². The molecule has 2 aromatic rings. The molecule has 0 aliphatic carbocycles. The Morgan fingerprint density at radius 2 is 1.59 bits per heavy atom. The van der Waals surface area contributed by atoms with Crippen LogP contribution in [0.3, 0.4) is 0 Å². The summed E-state index contributed by atoms with van der Waals surface area (Å²) in [7, 11) is 0. The average Bonchev–Trinajstić information content (AvgIpc) is 2.55. The van der Waals surface area contributed by atoms with Gasteiger partial charge in [0.05, 0.1) is 0 Å². The number of nitrogens with one attached hydrogen (secondary N) is 1. The molecule has 1 atom stereocenters. The molecular weight excluding hydrogens is 337 g/mol. The van der Waals surface area contributed by atoms with Crippen LogP contribution in [-0.2, 0) is 5.32 Å². The summed E-state index contributed by atoms with van der Waals surface area (Å²) in [6.07, 6.45) is 0. The third kappa shape index (κ3) is 5.32. The van der Waals surface area contributed by atoms with Crippen LogP contribution < -0.4 is 5.32 Å². The van der Waals surface area contributed by atoms with Crippen LogP contribution in [0.2, 0.25) is 5.32 Å². The number of carbonyl (C=O) groups is 1. The third-order valence-corrected chi connectivity index (χ3v) is 5.94. The number of hydrogen-bond donors (Lipinski definition) is 1. The van der Waals surface area contributed by atoms with Gasteiger partial charge in [0.25, 0.3) is 0 Å². The quantitative estimate of drug-likeness (QED) is 0.749. The molecule has 0 aromatic heterocycles. The fourth-order valence-electron chi connectivity index (χ4n) is 2.12. The summed E-state index contributed by atoms with van der Waals surface area (Å²) in [5.74, 6) is 0.486. The van der Waals surface area contributed by atoms with Crippen molar-refractivity contribution < 1.29 is 4.79 Å². The zero-order chi connectivity index (χ0) is 15.8. The molecule has 0 spiro atoms. The Hall–Kier alpha value is -1.57. The standard InChI is InChI=1S/C19H23NOSe/c1-15(2)18(14-22-13-16-9-5-3-6-10-16)20-19(21)17-11-7-4-8-12-17/h3-12,15,18H,13-14H2,1-2H3,(H,20,21)/t18-/m1/s1. The summed E-state index contributed by atoms with van der Waals surface area (Å²) < 4.78 is 0. The van der Waals surface area contributed by atoms with Crippen molar-refractivity contribution in [3.05, 3.63) is 71.8 Å². The molecule has 0 heterocycles. The summed E-state index contributed by atoms with van der Waals surface area (Å²) in [6, 6.07) is 20.3. The van der Waals surface area contributed by atoms with E-state index in [2.05, 4.69) is 43.4 Å². The van der Waals surface area contributed by atoms with Gasteiger partial charge in [-0.1, -0.05) is 0 Å². The van der Waals surface area contributed by atoms with Crippen molar-refractivity contribution >= 4 is 20.9 Å². The first kappa shape index (κ1) is 16.8. The monoisotopic (exact) mass is 361 g/mol. The molecule has 0 radical (unpaired) electrons. The number of amides is 1. The Kier molecular flexibility index (Phi) is 6.70. The van der Waals surface area contributed by atoms with E-state index in [9.17, 15) is 4.79 Å². The zero-order valence-electron chi connectivity index (χ0n) is 13.2. The van der Waals surface area contributed by atoms with Gasteiger partial charge in [-0.3, -0.25) is 0 Å². The van der Waals surface area contributed by atoms with Crippen LogP contribution in [0.5, 0.6) is 0 Å². The maximum absolute atomic E-state index is 12.3. The summed E-state index contributed by atoms with van der Waals surface area (Å²) in [5.41, 5.74) is 2.13. The minimum absolute atomic E-state index is 0.0369. The molecule has 22 heavy (non-hydrogen) atoms. The predicted octanol–water partition coefficient (Wildman–Crippen LogP) is 3.76. The van der Waals surface area contributed by atoms with Crippen LogP contribution in [0.4, 0.5) is 0 Å². The molecule has 3 heteroatoms. The SMILES string of the molecule is CC(C)[C@@H](C[Se]Cc1ccccc1)NC(=O)c1ccccc1. The molecule has 0 fully saturated rings. The number of carbonyl (C=O) groups excluding carboxylic acids is 1. The fraction of sp³-hybridized carbons (Fsp3) is 0.316. The Labute approximate surface area is 139 Å². The topological polar surface area (TPSA) is 29.1 Å². The van der Waals surface area contributed by atoms with E-state index in [0.29, 0.717) is 20.9 Å². The van der Waals surface area contributed by atoms with Gasteiger partial charge in [0.2, 0.25) is 0 Å². The molecule has 1 N–H and O–H groups in total. The van der Waals surface area contributed by atoms with E-state index in [1.807, 2.05) is 36.4 Å². The molecule has 0 saturated heterocycles. The Morgan fingerprint density at radius 3 is 2.18 bits per heavy atom. The summed E-state index contributed by atoms with van der Waals surface area (Å²) >= 11 is 0.500. The molecule has 1 amide bonds. The van der Waals surface area contributed by atoms with E-state index in [-0.39, 0.29) is 11.9 Å². The van der Waals surface area contributed by atoms with Crippen molar-refractivity contribution in [2.75, 3.05) is 0 Å². The maximum atomic E-state index is 12.3. The Bertz CT molecular complexity index is 569. The first-order chi connectivity index (χ1) is 10.7. The van der Waals surface area contributed by atoms with E-state index >= 15 is 0 Å². The van der Waals surface area contributed by atoms with E-state index in [1.54, 1.807) is 0 Å². The summed E-state index contributed by atoms with van der Waals surface area (Å²) in [5, 5.41) is 5.39. The van der Waals surface area contributed by atoms with Crippen LogP contribution >= 0.6 is 0 Å². The molecule has 0 aliphatic heterocycles. The van der Waals surface area contributed by atoms with Gasteiger partial charge in [-0.2, -0.15) is 0 Å². The van der Waals surface area contributed by atoms with Gasteiger partial charge in [-0.15, -0.1) is 0 Å². The molecule has 116 valence electrons. The second kappa shape index (κ2) is 8.77. The van der Waals surface area contributed by atoms with E-state index in [1.165, 1.54) is 5.56 Å². The third-order valence-electron chi connectivity index (χ3n) is 3.57. The van der Waals surface area contributed by atoms with Gasteiger partial charge >= 0.3 is 139 Å². The van der Waals surface area contributed by atoms with Crippen LogP contribution in [0.25, 0.3) is 0 Å². The van der Waals surface area contributed by atoms with Crippen molar-refractivity contribution in [2.45, 2.75) is 30.5 Å². The summed E-state index contributed by atoms with van der Waals surface area (Å²) in [6.45, 7) is 4.35. The number of rotatable bonds is 7. The molecule has 2 aromatic carbocycles. The molecule has 0 aliphatic rings. The molecular formula is C19H23NOSe. The van der Waals surface area contributed by atoms with Crippen LogP contribution in [0.15, 0.2) is 60.7 Å². The summed E-state index contributed by atoms with van der Waals surface area (Å²) in [4.78, 5) is 12.3. The van der Waals surface area contributed by atoms with Gasteiger partial charge in [-0.05, 0) is 0 Å². The molecule has 0 bridgehead atoms. The van der Waals surface area contributed by atoms with Crippen molar-refractivity contribution in [1.29, 1.82) is 0 Å². The van der Waals surface area contributed by atoms with Gasteiger partial charge in [-0.25, -0.2) is 0 Å². The van der Waals surface area contributed by atoms with Gasteiger partial charge in [0, 0.05) is 0 Å². The average molecular weight is 360 g/mol. The van der Waals surface area contributed by atoms with Crippen molar-refractivity contribution in [1.82, 2.24) is 5.32 Å². The normalized spacial score (nSPS) is 12.1. The van der Waals surface area contributed by atoms with E-state index in [0.717, 1.165) is 16.2 Å². The predicted molar refractivity (Wildman–Crippen MR) is 93.2 cm³/mol. The molecule has 0 saturated carbocycles. The Balaban J connectivity index is 1.86. The van der Waals surface area contributed by atoms with Gasteiger partial charge in [0.15, 0.2) is 0 Å². The Morgan fingerprint density at radius 1 is 1.00 bits per heavy atom. The molecule has 2 nitrogen and oxygen atoms in total. The fourth-order valence-corrected chi connectivity index (χ4v) is 4.78. The van der Waals surface area contributed by atoms with E-state index < -0.39 is 0 Å². The molecule has 0 unspecified atom stereocenters. The van der Waals surface area contributed by atoms with Crippen molar-refractivity contribution in [3.8, 4) is 0 Å².